The highest BCUT2D eigenvalue weighted by atomic mass is 16.5. The predicted octanol–water partition coefficient (Wildman–Crippen LogP) is 2.11. The van der Waals surface area contributed by atoms with Crippen LogP contribution in [0.1, 0.15) is 26.0 Å². The van der Waals surface area contributed by atoms with Crippen molar-refractivity contribution >= 4 is 11.6 Å². The van der Waals surface area contributed by atoms with E-state index in [1.54, 1.807) is 0 Å². The van der Waals surface area contributed by atoms with Crippen LogP contribution in [0.5, 0.6) is 0 Å². The van der Waals surface area contributed by atoms with Gasteiger partial charge in [-0.2, -0.15) is 0 Å². The second-order valence-electron chi connectivity index (χ2n) is 4.71. The quantitative estimate of drug-likeness (QED) is 0.726. The van der Waals surface area contributed by atoms with E-state index in [0.29, 0.717) is 19.7 Å². The van der Waals surface area contributed by atoms with Gasteiger partial charge in [0.2, 0.25) is 0 Å². The van der Waals surface area contributed by atoms with Gasteiger partial charge in [0, 0.05) is 18.9 Å². The number of carbonyl (C=O) groups is 1. The number of fused-ring (bicyclic) bond motifs is 1. The van der Waals surface area contributed by atoms with Crippen LogP contribution in [0.3, 0.4) is 0 Å². The summed E-state index contributed by atoms with van der Waals surface area (Å²) in [5.41, 5.74) is 1.89. The predicted molar refractivity (Wildman–Crippen MR) is 77.4 cm³/mol. The topological polar surface area (TPSA) is 46.8 Å². The zero-order valence-electron chi connectivity index (χ0n) is 12.1. The molecule has 108 valence electrons. The van der Waals surface area contributed by atoms with E-state index in [1.807, 2.05) is 41.9 Å². The third kappa shape index (κ3) is 3.81. The number of rotatable bonds is 7. The fourth-order valence-corrected chi connectivity index (χ4v) is 2.21. The van der Waals surface area contributed by atoms with Crippen molar-refractivity contribution in [2.24, 2.45) is 0 Å². The Morgan fingerprint density at radius 1 is 1.40 bits per heavy atom. The molecule has 0 spiro atoms. The van der Waals surface area contributed by atoms with Gasteiger partial charge in [0.15, 0.2) is 0 Å². The molecule has 0 aromatic carbocycles. The van der Waals surface area contributed by atoms with Crippen LogP contribution in [-0.2, 0) is 16.1 Å². The number of hydrogen-bond donors (Lipinski definition) is 0. The van der Waals surface area contributed by atoms with Gasteiger partial charge in [0.25, 0.3) is 0 Å². The summed E-state index contributed by atoms with van der Waals surface area (Å²) in [5, 5.41) is 0. The molecular weight excluding hydrogens is 254 g/mol. The van der Waals surface area contributed by atoms with E-state index in [0.717, 1.165) is 24.3 Å². The van der Waals surface area contributed by atoms with Gasteiger partial charge in [-0.1, -0.05) is 13.0 Å². The fraction of sp³-hybridized carbons (Fsp3) is 0.467. The van der Waals surface area contributed by atoms with E-state index in [9.17, 15) is 4.79 Å². The third-order valence-electron chi connectivity index (χ3n) is 3.00. The molecule has 0 N–H and O–H groups in total. The fourth-order valence-electron chi connectivity index (χ4n) is 2.21. The van der Waals surface area contributed by atoms with E-state index in [-0.39, 0.29) is 5.97 Å². The van der Waals surface area contributed by atoms with E-state index in [1.165, 1.54) is 0 Å². The number of hydrogen-bond acceptors (Lipinski definition) is 4. The van der Waals surface area contributed by atoms with Crippen molar-refractivity contribution < 1.29 is 9.53 Å². The molecule has 5 nitrogen and oxygen atoms in total. The van der Waals surface area contributed by atoms with Crippen LogP contribution >= 0.6 is 0 Å². The molecule has 5 heteroatoms. The monoisotopic (exact) mass is 275 g/mol. The first-order chi connectivity index (χ1) is 9.72. The largest absolute Gasteiger partial charge is 0.465 e. The Morgan fingerprint density at radius 2 is 2.25 bits per heavy atom. The summed E-state index contributed by atoms with van der Waals surface area (Å²) in [6.45, 7) is 6.18. The maximum atomic E-state index is 11.6. The first kappa shape index (κ1) is 14.5. The lowest BCUT2D eigenvalue weighted by Crippen LogP contribution is -2.31. The Morgan fingerprint density at radius 3 is 2.95 bits per heavy atom. The third-order valence-corrected chi connectivity index (χ3v) is 3.00. The van der Waals surface area contributed by atoms with Crippen LogP contribution in [0, 0.1) is 0 Å². The van der Waals surface area contributed by atoms with Gasteiger partial charge in [-0.15, -0.1) is 0 Å². The molecule has 0 aliphatic heterocycles. The van der Waals surface area contributed by atoms with Crippen LogP contribution in [0.15, 0.2) is 30.6 Å². The Kier molecular flexibility index (Phi) is 5.12. The molecule has 0 aliphatic rings. The summed E-state index contributed by atoms with van der Waals surface area (Å²) in [4.78, 5) is 18.2. The minimum absolute atomic E-state index is 0.176. The summed E-state index contributed by atoms with van der Waals surface area (Å²) in [6.07, 6.45) is 4.97. The average molecular weight is 275 g/mol. The molecule has 0 atom stereocenters. The van der Waals surface area contributed by atoms with E-state index >= 15 is 0 Å². The van der Waals surface area contributed by atoms with Crippen molar-refractivity contribution in [3.8, 4) is 0 Å². The Bertz CT molecular complexity index is 532. The Hall–Kier alpha value is -1.88. The normalized spacial score (nSPS) is 11.2. The van der Waals surface area contributed by atoms with Crippen molar-refractivity contribution in [3.05, 3.63) is 36.3 Å². The van der Waals surface area contributed by atoms with Crippen molar-refractivity contribution in [1.82, 2.24) is 14.3 Å². The summed E-state index contributed by atoms with van der Waals surface area (Å²) < 4.78 is 7.00. The average Bonchev–Trinajstić information content (AvgIpc) is 2.81. The zero-order chi connectivity index (χ0) is 14.4. The summed E-state index contributed by atoms with van der Waals surface area (Å²) in [6, 6.07) is 5.91. The number of esters is 1. The van der Waals surface area contributed by atoms with Crippen molar-refractivity contribution in [3.63, 3.8) is 0 Å². The number of pyridine rings is 1. The lowest BCUT2D eigenvalue weighted by Gasteiger charge is -2.19. The second kappa shape index (κ2) is 7.05. The smallest absolute Gasteiger partial charge is 0.320 e. The van der Waals surface area contributed by atoms with Crippen LogP contribution in [0.25, 0.3) is 5.65 Å². The summed E-state index contributed by atoms with van der Waals surface area (Å²) in [7, 11) is 0. The molecule has 2 aromatic heterocycles. The highest BCUT2D eigenvalue weighted by molar-refractivity contribution is 5.71. The molecule has 0 fully saturated rings. The lowest BCUT2D eigenvalue weighted by molar-refractivity contribution is -0.144. The van der Waals surface area contributed by atoms with Gasteiger partial charge in [-0.05, 0) is 32.0 Å². The van der Waals surface area contributed by atoms with Crippen molar-refractivity contribution in [1.29, 1.82) is 0 Å². The van der Waals surface area contributed by atoms with E-state index < -0.39 is 0 Å². The zero-order valence-corrected chi connectivity index (χ0v) is 12.1. The van der Waals surface area contributed by atoms with Crippen LogP contribution in [0.2, 0.25) is 0 Å². The molecule has 0 saturated carbocycles. The van der Waals surface area contributed by atoms with Crippen LogP contribution in [-0.4, -0.2) is 40.0 Å². The molecule has 0 bridgehead atoms. The molecule has 2 rings (SSSR count). The molecule has 0 aliphatic carbocycles. The first-order valence-corrected chi connectivity index (χ1v) is 7.03. The molecule has 0 amide bonds. The minimum atomic E-state index is -0.176. The lowest BCUT2D eigenvalue weighted by atomic mass is 10.3. The highest BCUT2D eigenvalue weighted by Gasteiger charge is 2.13. The maximum Gasteiger partial charge on any atom is 0.320 e. The standard InChI is InChI=1S/C15H21N3O2/c1-3-8-17(12-15(19)20-4-2)10-13-11-18-9-6-5-7-14(18)16-13/h5-7,9,11H,3-4,8,10,12H2,1-2H3. The maximum absolute atomic E-state index is 11.6. The number of imidazole rings is 1. The minimum Gasteiger partial charge on any atom is -0.465 e. The highest BCUT2D eigenvalue weighted by Crippen LogP contribution is 2.08. The van der Waals surface area contributed by atoms with Crippen molar-refractivity contribution in [2.45, 2.75) is 26.8 Å². The molecule has 0 saturated heterocycles. The second-order valence-corrected chi connectivity index (χ2v) is 4.71. The molecule has 20 heavy (non-hydrogen) atoms. The van der Waals surface area contributed by atoms with Gasteiger partial charge in [0.1, 0.15) is 5.65 Å². The van der Waals surface area contributed by atoms with Gasteiger partial charge < -0.3 is 9.14 Å². The van der Waals surface area contributed by atoms with Crippen LogP contribution in [0.4, 0.5) is 0 Å². The summed E-state index contributed by atoms with van der Waals surface area (Å²) >= 11 is 0. The molecule has 2 heterocycles. The SMILES string of the molecule is CCCN(CC(=O)OCC)Cc1cn2ccccc2n1. The van der Waals surface area contributed by atoms with E-state index in [2.05, 4.69) is 16.8 Å². The Balaban J connectivity index is 2.04. The van der Waals surface area contributed by atoms with Gasteiger partial charge in [-0.3, -0.25) is 9.69 Å². The van der Waals surface area contributed by atoms with Gasteiger partial charge in [0.05, 0.1) is 18.8 Å². The summed E-state index contributed by atoms with van der Waals surface area (Å²) in [5.74, 6) is -0.176. The molecule has 2 aromatic rings. The van der Waals surface area contributed by atoms with Crippen molar-refractivity contribution in [2.75, 3.05) is 19.7 Å². The van der Waals surface area contributed by atoms with Crippen LogP contribution < -0.4 is 0 Å². The number of nitrogens with zero attached hydrogens (tertiary/aromatic N) is 3. The molecule has 0 radical (unpaired) electrons. The van der Waals surface area contributed by atoms with Gasteiger partial charge in [-0.25, -0.2) is 4.98 Å². The van der Waals surface area contributed by atoms with E-state index in [4.69, 9.17) is 4.74 Å². The Labute approximate surface area is 119 Å². The number of ether oxygens (including phenoxy) is 1. The first-order valence-electron chi connectivity index (χ1n) is 7.03. The van der Waals surface area contributed by atoms with Gasteiger partial charge >= 0.3 is 5.97 Å². The molecular formula is C15H21N3O2. The number of aromatic nitrogens is 2. The molecule has 0 unspecified atom stereocenters. The number of carbonyl (C=O) groups excluding carboxylic acids is 1.